The zero-order valence-electron chi connectivity index (χ0n) is 10.4. The second-order valence-electron chi connectivity index (χ2n) is 3.56. The van der Waals surface area contributed by atoms with Crippen LogP contribution in [0.1, 0.15) is 17.3 Å². The maximum atomic E-state index is 11.9. The van der Waals surface area contributed by atoms with Gasteiger partial charge in [-0.3, -0.25) is 5.32 Å². The van der Waals surface area contributed by atoms with Crippen molar-refractivity contribution in [3.63, 3.8) is 0 Å². The minimum atomic E-state index is -2.03. The number of hydrogen-bond donors (Lipinski definition) is 1. The van der Waals surface area contributed by atoms with Gasteiger partial charge >= 0.3 is 12.1 Å². The van der Waals surface area contributed by atoms with Gasteiger partial charge in [0.1, 0.15) is 0 Å². The molecule has 0 aliphatic heterocycles. The fraction of sp³-hybridized carbons (Fsp3) is 0.333. The first-order chi connectivity index (χ1) is 9.34. The predicted molar refractivity (Wildman–Crippen MR) is 76.1 cm³/mol. The van der Waals surface area contributed by atoms with Crippen molar-refractivity contribution in [2.24, 2.45) is 0 Å². The van der Waals surface area contributed by atoms with E-state index >= 15 is 0 Å². The maximum absolute atomic E-state index is 11.9. The van der Waals surface area contributed by atoms with Crippen molar-refractivity contribution in [3.8, 4) is 0 Å². The number of ether oxygens (including phenoxy) is 2. The van der Waals surface area contributed by atoms with Gasteiger partial charge in [-0.15, -0.1) is 0 Å². The summed E-state index contributed by atoms with van der Waals surface area (Å²) in [5.41, 5.74) is 0.261. The summed E-state index contributed by atoms with van der Waals surface area (Å²) in [7, 11) is 0. The van der Waals surface area contributed by atoms with Crippen LogP contribution in [-0.4, -0.2) is 28.7 Å². The molecule has 110 valence electrons. The van der Waals surface area contributed by atoms with E-state index in [-0.39, 0.29) is 12.2 Å². The molecule has 0 aliphatic carbocycles. The van der Waals surface area contributed by atoms with Gasteiger partial charge in [0.2, 0.25) is 10.0 Å². The molecule has 5 nitrogen and oxygen atoms in total. The van der Waals surface area contributed by atoms with E-state index < -0.39 is 22.1 Å². The lowest BCUT2D eigenvalue weighted by Gasteiger charge is -2.24. The van der Waals surface area contributed by atoms with Crippen molar-refractivity contribution in [2.45, 2.75) is 16.9 Å². The Morgan fingerprint density at radius 3 is 2.35 bits per heavy atom. The van der Waals surface area contributed by atoms with E-state index in [1.807, 2.05) is 0 Å². The van der Waals surface area contributed by atoms with Crippen LogP contribution in [-0.2, 0) is 9.47 Å². The van der Waals surface area contributed by atoms with Gasteiger partial charge < -0.3 is 9.47 Å². The minimum Gasteiger partial charge on any atom is -0.450 e. The average molecular weight is 341 g/mol. The highest BCUT2D eigenvalue weighted by molar-refractivity contribution is 6.68. The number of esters is 1. The Labute approximate surface area is 131 Å². The number of alkyl halides is 3. The van der Waals surface area contributed by atoms with Crippen LogP contribution >= 0.6 is 34.8 Å². The molecule has 1 amide bonds. The number of hydrogen-bond acceptors (Lipinski definition) is 4. The Balaban J connectivity index is 2.75. The number of nitrogens with one attached hydrogen (secondary N) is 1. The molecule has 0 aliphatic rings. The Bertz CT molecular complexity index is 462. The number of rotatable bonds is 4. The monoisotopic (exact) mass is 339 g/mol. The van der Waals surface area contributed by atoms with Crippen molar-refractivity contribution >= 4 is 46.9 Å². The van der Waals surface area contributed by atoms with E-state index in [0.29, 0.717) is 0 Å². The Morgan fingerprint density at radius 2 is 1.85 bits per heavy atom. The van der Waals surface area contributed by atoms with Crippen LogP contribution in [0.15, 0.2) is 30.3 Å². The summed E-state index contributed by atoms with van der Waals surface area (Å²) >= 11 is 17.0. The van der Waals surface area contributed by atoms with Gasteiger partial charge in [0.25, 0.3) is 0 Å². The Kier molecular flexibility index (Phi) is 6.39. The van der Waals surface area contributed by atoms with Gasteiger partial charge in [-0.25, -0.2) is 9.59 Å². The van der Waals surface area contributed by atoms with Crippen LogP contribution in [0.4, 0.5) is 4.79 Å². The third-order valence-corrected chi connectivity index (χ3v) is 2.65. The third kappa shape index (κ3) is 5.45. The number of benzene rings is 1. The lowest BCUT2D eigenvalue weighted by Crippen LogP contribution is -2.47. The van der Waals surface area contributed by atoms with Crippen LogP contribution in [0.25, 0.3) is 0 Å². The highest BCUT2D eigenvalue weighted by Gasteiger charge is 2.38. The molecule has 0 saturated heterocycles. The summed E-state index contributed by atoms with van der Waals surface area (Å²) in [6.45, 7) is 1.74. The van der Waals surface area contributed by atoms with Crippen LogP contribution in [0.3, 0.4) is 0 Å². The molecule has 1 aromatic rings. The molecule has 8 heteroatoms. The molecule has 0 bridgehead atoms. The summed E-state index contributed by atoms with van der Waals surface area (Å²) < 4.78 is 7.58. The molecule has 1 atom stereocenters. The minimum absolute atomic E-state index is 0.130. The lowest BCUT2D eigenvalue weighted by atomic mass is 10.2. The Morgan fingerprint density at radius 1 is 1.25 bits per heavy atom. The molecule has 0 aromatic heterocycles. The van der Waals surface area contributed by atoms with E-state index in [2.05, 4.69) is 10.1 Å². The van der Waals surface area contributed by atoms with Gasteiger partial charge in [-0.05, 0) is 19.1 Å². The molecule has 1 rings (SSSR count). The van der Waals surface area contributed by atoms with Gasteiger partial charge in [0.05, 0.1) is 12.2 Å². The molecule has 0 saturated carbocycles. The lowest BCUT2D eigenvalue weighted by molar-refractivity contribution is 0.0219. The van der Waals surface area contributed by atoms with Crippen molar-refractivity contribution in [2.75, 3.05) is 6.61 Å². The second kappa shape index (κ2) is 7.57. The van der Waals surface area contributed by atoms with Gasteiger partial charge in [0.15, 0.2) is 0 Å². The summed E-state index contributed by atoms with van der Waals surface area (Å²) in [4.78, 5) is 23.2. The standard InChI is InChI=1S/C12H12Cl3NO4/c1-2-19-11(18)16-10(12(13,14)15)20-9(17)8-6-4-3-5-7-8/h3-7,10H,2H2,1H3,(H,16,18). The second-order valence-corrected chi connectivity index (χ2v) is 5.93. The molecular weight excluding hydrogens is 328 g/mol. The van der Waals surface area contributed by atoms with Crippen molar-refractivity contribution in [3.05, 3.63) is 35.9 Å². The molecule has 0 radical (unpaired) electrons. The number of carbonyl (C=O) groups excluding carboxylic acids is 2. The summed E-state index contributed by atoms with van der Waals surface area (Å²) in [5, 5.41) is 2.16. The third-order valence-electron chi connectivity index (χ3n) is 2.06. The maximum Gasteiger partial charge on any atom is 0.410 e. The van der Waals surface area contributed by atoms with Crippen molar-refractivity contribution < 1.29 is 19.1 Å². The number of carbonyl (C=O) groups is 2. The number of alkyl carbamates (subject to hydrolysis) is 1. The van der Waals surface area contributed by atoms with Gasteiger partial charge in [-0.1, -0.05) is 53.0 Å². The zero-order valence-corrected chi connectivity index (χ0v) is 12.7. The van der Waals surface area contributed by atoms with Crippen LogP contribution in [0.5, 0.6) is 0 Å². The first-order valence-electron chi connectivity index (χ1n) is 5.60. The highest BCUT2D eigenvalue weighted by atomic mass is 35.6. The summed E-state index contributed by atoms with van der Waals surface area (Å²) in [6, 6.07) is 8.10. The number of halogens is 3. The van der Waals surface area contributed by atoms with Crippen LogP contribution in [0, 0.1) is 0 Å². The van der Waals surface area contributed by atoms with Gasteiger partial charge in [0, 0.05) is 0 Å². The Hall–Kier alpha value is -1.17. The predicted octanol–water partition coefficient (Wildman–Crippen LogP) is 3.29. The van der Waals surface area contributed by atoms with E-state index in [1.165, 1.54) is 12.1 Å². The zero-order chi connectivity index (χ0) is 15.2. The summed E-state index contributed by atoms with van der Waals surface area (Å²) in [5.74, 6) is -0.737. The van der Waals surface area contributed by atoms with E-state index in [4.69, 9.17) is 39.5 Å². The van der Waals surface area contributed by atoms with Crippen LogP contribution in [0.2, 0.25) is 0 Å². The molecule has 20 heavy (non-hydrogen) atoms. The quantitative estimate of drug-likeness (QED) is 0.519. The first kappa shape index (κ1) is 16.9. The van der Waals surface area contributed by atoms with Gasteiger partial charge in [-0.2, -0.15) is 0 Å². The fourth-order valence-electron chi connectivity index (χ4n) is 1.21. The van der Waals surface area contributed by atoms with Crippen LogP contribution < -0.4 is 5.32 Å². The SMILES string of the molecule is CCOC(=O)NC(OC(=O)c1ccccc1)C(Cl)(Cl)Cl. The smallest absolute Gasteiger partial charge is 0.410 e. The van der Waals surface area contributed by atoms with E-state index in [1.54, 1.807) is 25.1 Å². The molecule has 1 N–H and O–H groups in total. The largest absolute Gasteiger partial charge is 0.450 e. The van der Waals surface area contributed by atoms with E-state index in [0.717, 1.165) is 0 Å². The first-order valence-corrected chi connectivity index (χ1v) is 6.74. The van der Waals surface area contributed by atoms with Crippen molar-refractivity contribution in [1.29, 1.82) is 0 Å². The molecular formula is C12H12Cl3NO4. The average Bonchev–Trinajstić information content (AvgIpc) is 2.38. The normalized spacial score (nSPS) is 12.4. The fourth-order valence-corrected chi connectivity index (χ4v) is 1.50. The molecule has 0 spiro atoms. The van der Waals surface area contributed by atoms with Crippen molar-refractivity contribution in [1.82, 2.24) is 5.32 Å². The molecule has 1 unspecified atom stereocenters. The van der Waals surface area contributed by atoms with E-state index in [9.17, 15) is 9.59 Å². The number of amides is 1. The molecule has 0 fully saturated rings. The highest BCUT2D eigenvalue weighted by Crippen LogP contribution is 2.31. The summed E-state index contributed by atoms with van der Waals surface area (Å²) in [6.07, 6.45) is -2.33. The molecule has 1 aromatic carbocycles. The topological polar surface area (TPSA) is 64.6 Å². The molecule has 0 heterocycles.